The van der Waals surface area contributed by atoms with E-state index >= 15 is 0 Å². The second kappa shape index (κ2) is 6.58. The highest BCUT2D eigenvalue weighted by atomic mass is 16.6. The summed E-state index contributed by atoms with van der Waals surface area (Å²) in [6.07, 6.45) is 13.6. The molecular formula is C17H28O2. The topological polar surface area (TPSA) is 26.3 Å². The third-order valence-corrected chi connectivity index (χ3v) is 4.94. The Labute approximate surface area is 117 Å². The molecule has 0 N–H and O–H groups in total. The van der Waals surface area contributed by atoms with Crippen LogP contribution >= 0.6 is 0 Å². The van der Waals surface area contributed by atoms with Crippen molar-refractivity contribution in [3.05, 3.63) is 12.2 Å². The molecule has 0 heterocycles. The van der Waals surface area contributed by atoms with E-state index < -0.39 is 0 Å². The van der Waals surface area contributed by atoms with Crippen molar-refractivity contribution in [3.8, 4) is 0 Å². The SMILES string of the molecule is C=C(C)C(=O)OC1(C2CCCCCC2)CCCCC1. The summed E-state index contributed by atoms with van der Waals surface area (Å²) in [5, 5.41) is 0. The van der Waals surface area contributed by atoms with Crippen LogP contribution < -0.4 is 0 Å². The first-order valence-electron chi connectivity index (χ1n) is 8.03. The first kappa shape index (κ1) is 14.6. The Morgan fingerprint density at radius 3 is 2.05 bits per heavy atom. The highest BCUT2D eigenvalue weighted by molar-refractivity contribution is 5.87. The van der Waals surface area contributed by atoms with Gasteiger partial charge in [0.1, 0.15) is 5.60 Å². The molecule has 0 aromatic rings. The lowest BCUT2D eigenvalue weighted by Crippen LogP contribution is -2.44. The van der Waals surface area contributed by atoms with E-state index in [2.05, 4.69) is 6.58 Å². The number of carbonyl (C=O) groups excluding carboxylic acids is 1. The van der Waals surface area contributed by atoms with Gasteiger partial charge < -0.3 is 4.74 Å². The lowest BCUT2D eigenvalue weighted by Gasteiger charge is -2.43. The summed E-state index contributed by atoms with van der Waals surface area (Å²) in [5.41, 5.74) is 0.372. The first-order chi connectivity index (χ1) is 9.14. The van der Waals surface area contributed by atoms with Crippen LogP contribution in [0.4, 0.5) is 0 Å². The fourth-order valence-electron chi connectivity index (χ4n) is 3.82. The molecule has 2 rings (SSSR count). The molecule has 2 aliphatic carbocycles. The average Bonchev–Trinajstić information content (AvgIpc) is 2.69. The van der Waals surface area contributed by atoms with E-state index in [0.717, 1.165) is 12.8 Å². The number of ether oxygens (including phenoxy) is 1. The Morgan fingerprint density at radius 2 is 1.53 bits per heavy atom. The summed E-state index contributed by atoms with van der Waals surface area (Å²) in [6.45, 7) is 5.50. The van der Waals surface area contributed by atoms with Gasteiger partial charge in [0, 0.05) is 5.57 Å². The van der Waals surface area contributed by atoms with Crippen LogP contribution in [0.15, 0.2) is 12.2 Å². The fraction of sp³-hybridized carbons (Fsp3) is 0.824. The van der Waals surface area contributed by atoms with Crippen LogP contribution in [0.3, 0.4) is 0 Å². The lowest BCUT2D eigenvalue weighted by atomic mass is 9.72. The van der Waals surface area contributed by atoms with Gasteiger partial charge in [-0.25, -0.2) is 4.79 Å². The minimum absolute atomic E-state index is 0.168. The monoisotopic (exact) mass is 264 g/mol. The molecule has 0 atom stereocenters. The van der Waals surface area contributed by atoms with Crippen molar-refractivity contribution in [2.24, 2.45) is 5.92 Å². The first-order valence-corrected chi connectivity index (χ1v) is 8.03. The third kappa shape index (κ3) is 3.61. The molecule has 2 saturated carbocycles. The van der Waals surface area contributed by atoms with Crippen LogP contribution in [-0.2, 0) is 9.53 Å². The highest BCUT2D eigenvalue weighted by Gasteiger charge is 2.43. The van der Waals surface area contributed by atoms with Crippen molar-refractivity contribution in [3.63, 3.8) is 0 Å². The van der Waals surface area contributed by atoms with Crippen LogP contribution in [0, 0.1) is 5.92 Å². The zero-order chi connectivity index (χ0) is 13.7. The van der Waals surface area contributed by atoms with Gasteiger partial charge in [-0.05, 0) is 51.4 Å². The largest absolute Gasteiger partial charge is 0.455 e. The molecule has 0 radical (unpaired) electrons. The molecule has 2 aliphatic rings. The van der Waals surface area contributed by atoms with Crippen molar-refractivity contribution in [2.45, 2.75) is 83.2 Å². The standard InChI is InChI=1S/C17H28O2/c1-14(2)16(18)19-17(12-8-5-9-13-17)15-10-6-3-4-7-11-15/h15H,1,3-13H2,2H3. The van der Waals surface area contributed by atoms with Gasteiger partial charge in [-0.15, -0.1) is 0 Å². The van der Waals surface area contributed by atoms with Crippen LogP contribution in [0.25, 0.3) is 0 Å². The van der Waals surface area contributed by atoms with Crippen molar-refractivity contribution in [1.82, 2.24) is 0 Å². The molecule has 0 spiro atoms. The molecule has 19 heavy (non-hydrogen) atoms. The Kier molecular flexibility index (Phi) is 5.06. The molecule has 0 unspecified atom stereocenters. The predicted octanol–water partition coefficient (Wildman–Crippen LogP) is 4.78. The quantitative estimate of drug-likeness (QED) is 0.416. The molecule has 0 bridgehead atoms. The van der Waals surface area contributed by atoms with E-state index in [1.165, 1.54) is 57.8 Å². The van der Waals surface area contributed by atoms with E-state index in [1.54, 1.807) is 6.92 Å². The molecule has 0 aromatic heterocycles. The summed E-state index contributed by atoms with van der Waals surface area (Å²) >= 11 is 0. The Bertz CT molecular complexity index is 318. The van der Waals surface area contributed by atoms with Gasteiger partial charge in [0.15, 0.2) is 0 Å². The van der Waals surface area contributed by atoms with Crippen molar-refractivity contribution >= 4 is 5.97 Å². The smallest absolute Gasteiger partial charge is 0.333 e. The second-order valence-electron chi connectivity index (χ2n) is 6.48. The number of rotatable bonds is 3. The normalized spacial score (nSPS) is 24.5. The summed E-state index contributed by atoms with van der Waals surface area (Å²) in [5.74, 6) is 0.407. The van der Waals surface area contributed by atoms with Crippen LogP contribution in [0.1, 0.15) is 77.6 Å². The number of esters is 1. The number of hydrogen-bond acceptors (Lipinski definition) is 2. The molecule has 0 aliphatic heterocycles. The molecular weight excluding hydrogens is 236 g/mol. The molecule has 0 amide bonds. The van der Waals surface area contributed by atoms with Gasteiger partial charge in [-0.1, -0.05) is 38.7 Å². The molecule has 2 nitrogen and oxygen atoms in total. The van der Waals surface area contributed by atoms with E-state index in [1.807, 2.05) is 0 Å². The number of carbonyl (C=O) groups is 1. The van der Waals surface area contributed by atoms with Crippen molar-refractivity contribution < 1.29 is 9.53 Å². The summed E-state index contributed by atoms with van der Waals surface area (Å²) in [4.78, 5) is 12.0. The van der Waals surface area contributed by atoms with E-state index in [9.17, 15) is 4.79 Å². The van der Waals surface area contributed by atoms with Gasteiger partial charge in [0.05, 0.1) is 0 Å². The lowest BCUT2D eigenvalue weighted by molar-refractivity contribution is -0.167. The molecule has 2 fully saturated rings. The van der Waals surface area contributed by atoms with Gasteiger partial charge in [0.25, 0.3) is 0 Å². The molecule has 2 heteroatoms. The van der Waals surface area contributed by atoms with Crippen molar-refractivity contribution in [2.75, 3.05) is 0 Å². The van der Waals surface area contributed by atoms with Crippen LogP contribution in [-0.4, -0.2) is 11.6 Å². The molecule has 108 valence electrons. The summed E-state index contributed by atoms with van der Waals surface area (Å²) in [6, 6.07) is 0. The molecule has 0 saturated heterocycles. The Balaban J connectivity index is 2.12. The average molecular weight is 264 g/mol. The van der Waals surface area contributed by atoms with E-state index in [-0.39, 0.29) is 11.6 Å². The maximum atomic E-state index is 12.0. The number of hydrogen-bond donors (Lipinski definition) is 0. The van der Waals surface area contributed by atoms with Gasteiger partial charge >= 0.3 is 5.97 Å². The van der Waals surface area contributed by atoms with Crippen LogP contribution in [0.2, 0.25) is 0 Å². The second-order valence-corrected chi connectivity index (χ2v) is 6.48. The van der Waals surface area contributed by atoms with Crippen molar-refractivity contribution in [1.29, 1.82) is 0 Å². The zero-order valence-corrected chi connectivity index (χ0v) is 12.4. The fourth-order valence-corrected chi connectivity index (χ4v) is 3.82. The summed E-state index contributed by atoms with van der Waals surface area (Å²) < 4.78 is 6.00. The maximum Gasteiger partial charge on any atom is 0.333 e. The maximum absolute atomic E-state index is 12.0. The van der Waals surface area contributed by atoms with Gasteiger partial charge in [0.2, 0.25) is 0 Å². The Hall–Kier alpha value is -0.790. The predicted molar refractivity (Wildman–Crippen MR) is 77.9 cm³/mol. The minimum atomic E-state index is -0.175. The van der Waals surface area contributed by atoms with Gasteiger partial charge in [-0.3, -0.25) is 0 Å². The summed E-state index contributed by atoms with van der Waals surface area (Å²) in [7, 11) is 0. The van der Waals surface area contributed by atoms with E-state index in [4.69, 9.17) is 4.74 Å². The van der Waals surface area contributed by atoms with Gasteiger partial charge in [-0.2, -0.15) is 0 Å². The van der Waals surface area contributed by atoms with E-state index in [0.29, 0.717) is 11.5 Å². The van der Waals surface area contributed by atoms with Crippen LogP contribution in [0.5, 0.6) is 0 Å². The molecule has 0 aromatic carbocycles. The minimum Gasteiger partial charge on any atom is -0.455 e. The zero-order valence-electron chi connectivity index (χ0n) is 12.4. The highest BCUT2D eigenvalue weighted by Crippen LogP contribution is 2.44. The Morgan fingerprint density at radius 1 is 1.00 bits per heavy atom. The third-order valence-electron chi connectivity index (χ3n) is 4.94.